The lowest BCUT2D eigenvalue weighted by molar-refractivity contribution is 0.307. The Morgan fingerprint density at radius 2 is 1.52 bits per heavy atom. The first-order valence-corrected chi connectivity index (χ1v) is 7.16. The van der Waals surface area contributed by atoms with E-state index in [1.807, 2.05) is 36.4 Å². The van der Waals surface area contributed by atoms with Crippen LogP contribution in [0.4, 0.5) is 0 Å². The molecule has 0 aliphatic rings. The summed E-state index contributed by atoms with van der Waals surface area (Å²) in [7, 11) is 0. The maximum absolute atomic E-state index is 6.02. The van der Waals surface area contributed by atoms with Crippen LogP contribution >= 0.6 is 0 Å². The Morgan fingerprint density at radius 1 is 0.762 bits per heavy atom. The molecule has 104 valence electrons. The molecule has 3 rings (SSSR count). The molecule has 0 fully saturated rings. The highest BCUT2D eigenvalue weighted by molar-refractivity contribution is 5.70. The maximum atomic E-state index is 6.02. The molecule has 1 heteroatoms. The minimum atomic E-state index is 0.587. The summed E-state index contributed by atoms with van der Waals surface area (Å²) in [6.07, 6.45) is 0. The Hall–Kier alpha value is -2.54. The number of ether oxygens (including phenoxy) is 1. The van der Waals surface area contributed by atoms with Crippen LogP contribution in [0.5, 0.6) is 5.75 Å². The number of para-hydroxylation sites is 1. The Balaban J connectivity index is 1.86. The average molecular weight is 274 g/mol. The van der Waals surface area contributed by atoms with Crippen LogP contribution in [0.15, 0.2) is 78.9 Å². The molecule has 0 aromatic heterocycles. The van der Waals surface area contributed by atoms with Gasteiger partial charge in [0.15, 0.2) is 0 Å². The topological polar surface area (TPSA) is 9.23 Å². The lowest BCUT2D eigenvalue weighted by atomic mass is 10.0. The lowest BCUT2D eigenvalue weighted by Crippen LogP contribution is -1.96. The van der Waals surface area contributed by atoms with Crippen molar-refractivity contribution in [2.24, 2.45) is 0 Å². The van der Waals surface area contributed by atoms with Crippen LogP contribution in [-0.2, 0) is 6.61 Å². The fourth-order valence-electron chi connectivity index (χ4n) is 2.38. The number of hydrogen-bond acceptors (Lipinski definition) is 1. The first-order chi connectivity index (χ1) is 10.3. The normalized spacial score (nSPS) is 10.3. The monoisotopic (exact) mass is 274 g/mol. The summed E-state index contributed by atoms with van der Waals surface area (Å²) in [5.41, 5.74) is 4.76. The molecule has 0 heterocycles. The second-order valence-electron chi connectivity index (χ2n) is 5.14. The SMILES string of the molecule is Cc1cccc(-c2ccccc2OCc2ccccc2)c1. The molecule has 0 aliphatic heterocycles. The standard InChI is InChI=1S/C20H18O/c1-16-8-7-11-18(14-16)19-12-5-6-13-20(19)21-15-17-9-3-2-4-10-17/h2-14H,15H2,1H3. The van der Waals surface area contributed by atoms with Gasteiger partial charge in [-0.1, -0.05) is 78.4 Å². The van der Waals surface area contributed by atoms with Crippen LogP contribution in [-0.4, -0.2) is 0 Å². The predicted octanol–water partition coefficient (Wildman–Crippen LogP) is 5.24. The molecule has 0 amide bonds. The third-order valence-electron chi connectivity index (χ3n) is 3.45. The lowest BCUT2D eigenvalue weighted by Gasteiger charge is -2.12. The predicted molar refractivity (Wildman–Crippen MR) is 87.4 cm³/mol. The van der Waals surface area contributed by atoms with Crippen LogP contribution in [0.1, 0.15) is 11.1 Å². The van der Waals surface area contributed by atoms with E-state index in [2.05, 4.69) is 49.4 Å². The smallest absolute Gasteiger partial charge is 0.127 e. The van der Waals surface area contributed by atoms with Gasteiger partial charge in [-0.2, -0.15) is 0 Å². The van der Waals surface area contributed by atoms with Gasteiger partial charge in [0, 0.05) is 5.56 Å². The van der Waals surface area contributed by atoms with E-state index in [0.29, 0.717) is 6.61 Å². The van der Waals surface area contributed by atoms with Gasteiger partial charge in [0.1, 0.15) is 12.4 Å². The van der Waals surface area contributed by atoms with E-state index in [4.69, 9.17) is 4.74 Å². The minimum Gasteiger partial charge on any atom is -0.488 e. The molecule has 0 unspecified atom stereocenters. The van der Waals surface area contributed by atoms with Gasteiger partial charge in [0.2, 0.25) is 0 Å². The zero-order valence-corrected chi connectivity index (χ0v) is 12.1. The minimum absolute atomic E-state index is 0.587. The van der Waals surface area contributed by atoms with Gasteiger partial charge >= 0.3 is 0 Å². The summed E-state index contributed by atoms with van der Waals surface area (Å²) in [5.74, 6) is 0.923. The molecule has 0 radical (unpaired) electrons. The fraction of sp³-hybridized carbons (Fsp3) is 0.100. The molecule has 3 aromatic rings. The van der Waals surface area contributed by atoms with Crippen LogP contribution in [0.2, 0.25) is 0 Å². The van der Waals surface area contributed by atoms with Gasteiger partial charge in [-0.25, -0.2) is 0 Å². The van der Waals surface area contributed by atoms with Gasteiger partial charge < -0.3 is 4.74 Å². The van der Waals surface area contributed by atoms with Crippen molar-refractivity contribution >= 4 is 0 Å². The summed E-state index contributed by atoms with van der Waals surface area (Å²) < 4.78 is 6.02. The van der Waals surface area contributed by atoms with E-state index in [0.717, 1.165) is 11.3 Å². The fourth-order valence-corrected chi connectivity index (χ4v) is 2.38. The van der Waals surface area contributed by atoms with Crippen molar-refractivity contribution in [3.8, 4) is 16.9 Å². The van der Waals surface area contributed by atoms with E-state index in [9.17, 15) is 0 Å². The Kier molecular flexibility index (Phi) is 4.02. The Morgan fingerprint density at radius 3 is 2.33 bits per heavy atom. The van der Waals surface area contributed by atoms with E-state index < -0.39 is 0 Å². The summed E-state index contributed by atoms with van der Waals surface area (Å²) in [6.45, 7) is 2.70. The highest BCUT2D eigenvalue weighted by atomic mass is 16.5. The van der Waals surface area contributed by atoms with Crippen LogP contribution in [0.3, 0.4) is 0 Å². The van der Waals surface area contributed by atoms with Crippen molar-refractivity contribution in [1.29, 1.82) is 0 Å². The molecule has 0 saturated carbocycles. The Bertz CT molecular complexity index is 717. The second kappa shape index (κ2) is 6.27. The van der Waals surface area contributed by atoms with Crippen molar-refractivity contribution in [2.75, 3.05) is 0 Å². The summed E-state index contributed by atoms with van der Waals surface area (Å²) in [4.78, 5) is 0. The first-order valence-electron chi connectivity index (χ1n) is 7.16. The molecule has 3 aromatic carbocycles. The molecule has 0 saturated heterocycles. The molecule has 0 N–H and O–H groups in total. The summed E-state index contributed by atoms with van der Waals surface area (Å²) in [6, 6.07) is 26.9. The molecule has 1 nitrogen and oxygen atoms in total. The first kappa shape index (κ1) is 13.4. The number of hydrogen-bond donors (Lipinski definition) is 0. The van der Waals surface area contributed by atoms with E-state index in [-0.39, 0.29) is 0 Å². The largest absolute Gasteiger partial charge is 0.488 e. The van der Waals surface area contributed by atoms with Gasteiger partial charge in [-0.05, 0) is 24.1 Å². The maximum Gasteiger partial charge on any atom is 0.127 e. The molecular weight excluding hydrogens is 256 g/mol. The molecule has 0 aliphatic carbocycles. The highest BCUT2D eigenvalue weighted by Crippen LogP contribution is 2.30. The van der Waals surface area contributed by atoms with Crippen LogP contribution in [0, 0.1) is 6.92 Å². The van der Waals surface area contributed by atoms with Gasteiger partial charge in [-0.3, -0.25) is 0 Å². The van der Waals surface area contributed by atoms with E-state index >= 15 is 0 Å². The van der Waals surface area contributed by atoms with Gasteiger partial charge in [0.25, 0.3) is 0 Å². The third-order valence-corrected chi connectivity index (χ3v) is 3.45. The summed E-state index contributed by atoms with van der Waals surface area (Å²) in [5, 5.41) is 0. The molecular formula is C20H18O. The second-order valence-corrected chi connectivity index (χ2v) is 5.14. The average Bonchev–Trinajstić information content (AvgIpc) is 2.54. The zero-order valence-electron chi connectivity index (χ0n) is 12.1. The van der Waals surface area contributed by atoms with Crippen molar-refractivity contribution in [2.45, 2.75) is 13.5 Å². The Labute approximate surface area is 125 Å². The van der Waals surface area contributed by atoms with Crippen molar-refractivity contribution in [3.05, 3.63) is 90.0 Å². The van der Waals surface area contributed by atoms with Gasteiger partial charge in [-0.15, -0.1) is 0 Å². The van der Waals surface area contributed by atoms with Crippen LogP contribution < -0.4 is 4.74 Å². The number of aryl methyl sites for hydroxylation is 1. The quantitative estimate of drug-likeness (QED) is 0.632. The third kappa shape index (κ3) is 3.32. The van der Waals surface area contributed by atoms with E-state index in [1.54, 1.807) is 0 Å². The zero-order chi connectivity index (χ0) is 14.5. The molecule has 0 spiro atoms. The van der Waals surface area contributed by atoms with Gasteiger partial charge in [0.05, 0.1) is 0 Å². The van der Waals surface area contributed by atoms with Crippen LogP contribution in [0.25, 0.3) is 11.1 Å². The molecule has 0 bridgehead atoms. The number of benzene rings is 3. The molecule has 0 atom stereocenters. The van der Waals surface area contributed by atoms with E-state index in [1.165, 1.54) is 16.7 Å². The number of rotatable bonds is 4. The van der Waals surface area contributed by atoms with Crippen molar-refractivity contribution in [3.63, 3.8) is 0 Å². The van der Waals surface area contributed by atoms with Crippen molar-refractivity contribution < 1.29 is 4.74 Å². The van der Waals surface area contributed by atoms with Crippen molar-refractivity contribution in [1.82, 2.24) is 0 Å². The molecule has 21 heavy (non-hydrogen) atoms. The summed E-state index contributed by atoms with van der Waals surface area (Å²) >= 11 is 0. The highest BCUT2D eigenvalue weighted by Gasteiger charge is 2.06.